The van der Waals surface area contributed by atoms with Crippen LogP contribution in [0.25, 0.3) is 0 Å². The number of rotatable bonds is 3. The lowest BCUT2D eigenvalue weighted by Crippen LogP contribution is -2.45. The van der Waals surface area contributed by atoms with Crippen LogP contribution >= 0.6 is 0 Å². The van der Waals surface area contributed by atoms with Gasteiger partial charge in [0.05, 0.1) is 0 Å². The fourth-order valence-corrected chi connectivity index (χ4v) is 1.64. The minimum absolute atomic E-state index is 0. The van der Waals surface area contributed by atoms with Gasteiger partial charge in [0.2, 0.25) is 5.88 Å². The van der Waals surface area contributed by atoms with Crippen molar-refractivity contribution in [2.75, 3.05) is 7.05 Å². The Morgan fingerprint density at radius 2 is 2.12 bits per heavy atom. The Kier molecular flexibility index (Phi) is 5.26. The Labute approximate surface area is 99.7 Å². The molecule has 3 heteroatoms. The summed E-state index contributed by atoms with van der Waals surface area (Å²) in [6, 6.07) is 4.58. The summed E-state index contributed by atoms with van der Waals surface area (Å²) < 4.78 is 5.71. The predicted molar refractivity (Wildman–Crippen MR) is 68.9 cm³/mol. The third kappa shape index (κ3) is 3.49. The van der Waals surface area contributed by atoms with Crippen molar-refractivity contribution in [3.8, 4) is 5.88 Å². The fourth-order valence-electron chi connectivity index (χ4n) is 1.64. The Hall–Kier alpha value is -1.09. The van der Waals surface area contributed by atoms with Crippen molar-refractivity contribution in [3.05, 3.63) is 23.9 Å². The highest BCUT2D eigenvalue weighted by Crippen LogP contribution is 2.24. The van der Waals surface area contributed by atoms with Gasteiger partial charge in [-0.15, -0.1) is 0 Å². The first kappa shape index (κ1) is 13.0. The third-order valence-corrected chi connectivity index (χ3v) is 2.68. The van der Waals surface area contributed by atoms with E-state index in [9.17, 15) is 0 Å². The number of hydrogen-bond acceptors (Lipinski definition) is 3. The van der Waals surface area contributed by atoms with Gasteiger partial charge >= 0.3 is 0 Å². The number of nitrogens with one attached hydrogen (secondary N) is 1. The minimum atomic E-state index is 0. The van der Waals surface area contributed by atoms with Crippen molar-refractivity contribution in [3.63, 3.8) is 0 Å². The van der Waals surface area contributed by atoms with E-state index in [0.717, 1.165) is 18.7 Å². The Balaban J connectivity index is 0.000000811. The fraction of sp³-hybridized carbons (Fsp3) is 0.615. The lowest BCUT2D eigenvalue weighted by molar-refractivity contribution is 0.0838. The minimum Gasteiger partial charge on any atom is -0.474 e. The van der Waals surface area contributed by atoms with Gasteiger partial charge in [0.25, 0.3) is 0 Å². The summed E-state index contributed by atoms with van der Waals surface area (Å²) in [5.41, 5.74) is 1.19. The van der Waals surface area contributed by atoms with Gasteiger partial charge in [-0.1, -0.05) is 13.8 Å². The quantitative estimate of drug-likeness (QED) is 0.857. The van der Waals surface area contributed by atoms with Crippen LogP contribution in [-0.4, -0.2) is 24.2 Å². The number of aromatic nitrogens is 1. The highest BCUT2D eigenvalue weighted by atomic mass is 16.5. The van der Waals surface area contributed by atoms with Crippen molar-refractivity contribution in [2.45, 2.75) is 45.8 Å². The van der Waals surface area contributed by atoms with Crippen molar-refractivity contribution in [1.82, 2.24) is 10.3 Å². The molecule has 0 spiro atoms. The van der Waals surface area contributed by atoms with Crippen LogP contribution in [0.2, 0.25) is 0 Å². The maximum absolute atomic E-state index is 5.71. The Bertz CT molecular complexity index is 314. The van der Waals surface area contributed by atoms with Crippen LogP contribution in [0.1, 0.15) is 33.7 Å². The monoisotopic (exact) mass is 224 g/mol. The molecule has 0 radical (unpaired) electrons. The van der Waals surface area contributed by atoms with Crippen molar-refractivity contribution in [2.24, 2.45) is 0 Å². The van der Waals surface area contributed by atoms with Gasteiger partial charge in [-0.3, -0.25) is 0 Å². The topological polar surface area (TPSA) is 34.1 Å². The molecule has 0 atom stereocenters. The molecule has 1 aliphatic carbocycles. The second-order valence-corrected chi connectivity index (χ2v) is 3.87. The lowest BCUT2D eigenvalue weighted by Gasteiger charge is -2.34. The first-order valence-electron chi connectivity index (χ1n) is 6.04. The molecule has 16 heavy (non-hydrogen) atoms. The van der Waals surface area contributed by atoms with Gasteiger partial charge in [0.1, 0.15) is 6.10 Å². The molecule has 0 unspecified atom stereocenters. The number of ether oxygens (including phenoxy) is 1. The highest BCUT2D eigenvalue weighted by molar-refractivity contribution is 5.19. The zero-order chi connectivity index (χ0) is 12.0. The van der Waals surface area contributed by atoms with Crippen LogP contribution < -0.4 is 10.1 Å². The molecule has 1 aliphatic rings. The zero-order valence-electron chi connectivity index (χ0n) is 10.7. The number of hydrogen-bond donors (Lipinski definition) is 1. The second-order valence-electron chi connectivity index (χ2n) is 3.87. The summed E-state index contributed by atoms with van der Waals surface area (Å²) in [7, 11) is 1.99. The van der Waals surface area contributed by atoms with Crippen molar-refractivity contribution < 1.29 is 6.16 Å². The van der Waals surface area contributed by atoms with Crippen LogP contribution in [-0.2, 0) is 0 Å². The van der Waals surface area contributed by atoms with Crippen LogP contribution in [0.15, 0.2) is 18.3 Å². The molecule has 1 fully saturated rings. The lowest BCUT2D eigenvalue weighted by atomic mass is 9.89. The van der Waals surface area contributed by atoms with Gasteiger partial charge < -0.3 is 10.1 Å². The van der Waals surface area contributed by atoms with E-state index in [1.54, 1.807) is 6.20 Å². The summed E-state index contributed by atoms with van der Waals surface area (Å²) in [4.78, 5) is 4.17. The van der Waals surface area contributed by atoms with Gasteiger partial charge in [-0.25, -0.2) is 4.98 Å². The molecule has 1 saturated carbocycles. The molecule has 3 nitrogen and oxygen atoms in total. The largest absolute Gasteiger partial charge is 0.474 e. The van der Waals surface area contributed by atoms with Gasteiger partial charge in [-0.2, -0.15) is 0 Å². The summed E-state index contributed by atoms with van der Waals surface area (Å²) in [6.45, 7) is 6.05. The first-order valence-corrected chi connectivity index (χ1v) is 6.04. The predicted octanol–water partition coefficient (Wildman–Crippen LogP) is 2.79. The van der Waals surface area contributed by atoms with E-state index in [4.69, 9.17) is 4.74 Å². The maximum atomic E-state index is 5.71. The maximum Gasteiger partial charge on any atom is 0.213 e. The summed E-state index contributed by atoms with van der Waals surface area (Å²) >= 11 is 0. The van der Waals surface area contributed by atoms with Gasteiger partial charge in [-0.05, 0) is 38.4 Å². The van der Waals surface area contributed by atoms with Gasteiger partial charge in [0, 0.05) is 19.7 Å². The van der Waals surface area contributed by atoms with E-state index in [1.807, 2.05) is 40.0 Å². The zero-order valence-corrected chi connectivity index (χ0v) is 10.7. The third-order valence-electron chi connectivity index (χ3n) is 2.68. The smallest absolute Gasteiger partial charge is 0.213 e. The summed E-state index contributed by atoms with van der Waals surface area (Å²) in [6.07, 6.45) is 4.32. The highest BCUT2D eigenvalue weighted by Gasteiger charge is 2.29. The molecular formula is C13H24N2O. The molecular weight excluding hydrogens is 200 g/mol. The van der Waals surface area contributed by atoms with E-state index in [2.05, 4.69) is 10.3 Å². The molecule has 1 aromatic rings. The van der Waals surface area contributed by atoms with E-state index in [1.165, 1.54) is 5.56 Å². The van der Waals surface area contributed by atoms with Crippen LogP contribution in [0.3, 0.4) is 0 Å². The molecule has 1 aromatic heterocycles. The van der Waals surface area contributed by atoms with Crippen molar-refractivity contribution >= 4 is 0 Å². The molecule has 0 bridgehead atoms. The van der Waals surface area contributed by atoms with Crippen molar-refractivity contribution in [1.29, 1.82) is 0 Å². The second kappa shape index (κ2) is 6.48. The number of nitrogens with zero attached hydrogens (tertiary/aromatic N) is 1. The standard InChI is InChI=1S/C11H16N2O.C2H6.H2/c1-8-3-4-13-11(5-8)14-10-6-9(7-10)12-2;1-2;/h3-5,9-10,12H,6-7H2,1-2H3;1-2H3;1H. The van der Waals surface area contributed by atoms with Crippen LogP contribution in [0, 0.1) is 6.92 Å². The van der Waals surface area contributed by atoms with Gasteiger partial charge in [0.15, 0.2) is 0 Å². The molecule has 92 valence electrons. The van der Waals surface area contributed by atoms with E-state index < -0.39 is 0 Å². The van der Waals surface area contributed by atoms with E-state index >= 15 is 0 Å². The normalized spacial score (nSPS) is 22.8. The van der Waals surface area contributed by atoms with Crippen LogP contribution in [0.4, 0.5) is 0 Å². The molecule has 0 saturated heterocycles. The SMILES string of the molecule is CC.CNC1CC(Oc2cc(C)ccn2)C1.[HH]. The molecule has 0 aromatic carbocycles. The van der Waals surface area contributed by atoms with E-state index in [0.29, 0.717) is 12.1 Å². The molecule has 0 aliphatic heterocycles. The number of pyridine rings is 1. The Morgan fingerprint density at radius 3 is 2.69 bits per heavy atom. The molecule has 1 heterocycles. The van der Waals surface area contributed by atoms with Crippen LogP contribution in [0.5, 0.6) is 5.88 Å². The number of aryl methyl sites for hydroxylation is 1. The first-order chi connectivity index (χ1) is 7.78. The molecule has 0 amide bonds. The summed E-state index contributed by atoms with van der Waals surface area (Å²) in [5.74, 6) is 0.754. The molecule has 1 N–H and O–H groups in total. The Morgan fingerprint density at radius 1 is 1.44 bits per heavy atom. The average Bonchev–Trinajstić information content (AvgIpc) is 2.26. The average molecular weight is 224 g/mol. The molecule has 2 rings (SSSR count). The van der Waals surface area contributed by atoms with E-state index in [-0.39, 0.29) is 1.43 Å². The summed E-state index contributed by atoms with van der Waals surface area (Å²) in [5, 5.41) is 3.23.